The van der Waals surface area contributed by atoms with Gasteiger partial charge in [-0.15, -0.1) is 0 Å². The molecule has 0 aliphatic carbocycles. The molecule has 2 heterocycles. The number of nitrogens with zero attached hydrogens (tertiary/aromatic N) is 2. The normalized spacial score (nSPS) is 24.1. The van der Waals surface area contributed by atoms with Gasteiger partial charge in [-0.05, 0) is 44.2 Å². The fourth-order valence-corrected chi connectivity index (χ4v) is 3.33. The lowest BCUT2D eigenvalue weighted by Gasteiger charge is -2.50. The Labute approximate surface area is 113 Å². The molecule has 0 unspecified atom stereocenters. The van der Waals surface area contributed by atoms with Crippen molar-refractivity contribution in [2.45, 2.75) is 53.0 Å². The first kappa shape index (κ1) is 13.9. The van der Waals surface area contributed by atoms with Crippen molar-refractivity contribution in [3.8, 4) is 0 Å². The largest absolute Gasteiger partial charge is 0.372 e. The van der Waals surface area contributed by atoms with Gasteiger partial charge in [-0.2, -0.15) is 0 Å². The zero-order valence-corrected chi connectivity index (χ0v) is 12.7. The van der Waals surface area contributed by atoms with E-state index in [0.29, 0.717) is 5.41 Å². The van der Waals surface area contributed by atoms with E-state index in [4.69, 9.17) is 0 Å². The van der Waals surface area contributed by atoms with E-state index in [1.807, 2.05) is 0 Å². The number of hydrogen-bond donors (Lipinski definition) is 0. The summed E-state index contributed by atoms with van der Waals surface area (Å²) in [5.74, 6) is 0.927. The van der Waals surface area contributed by atoms with Crippen LogP contribution in [0.15, 0.2) is 12.3 Å². The fraction of sp³-hybridized carbons (Fsp3) is 0.875. The number of allylic oxidation sites excluding steroid dienone is 1. The van der Waals surface area contributed by atoms with E-state index in [2.05, 4.69) is 44.1 Å². The smallest absolute Gasteiger partial charge is 0.0446 e. The topological polar surface area (TPSA) is 6.48 Å². The van der Waals surface area contributed by atoms with Crippen molar-refractivity contribution < 1.29 is 0 Å². The van der Waals surface area contributed by atoms with Gasteiger partial charge in [-0.25, -0.2) is 0 Å². The Bertz CT molecular complexity index is 294. The van der Waals surface area contributed by atoms with Gasteiger partial charge in [0.25, 0.3) is 0 Å². The molecule has 0 atom stereocenters. The van der Waals surface area contributed by atoms with Crippen LogP contribution in [0, 0.1) is 11.3 Å². The summed E-state index contributed by atoms with van der Waals surface area (Å²) in [4.78, 5) is 5.11. The molecule has 0 bridgehead atoms. The lowest BCUT2D eigenvalue weighted by Crippen LogP contribution is -2.60. The molecule has 2 rings (SSSR count). The summed E-state index contributed by atoms with van der Waals surface area (Å²) in [7, 11) is 0. The van der Waals surface area contributed by atoms with Gasteiger partial charge < -0.3 is 4.90 Å². The molecule has 2 aliphatic heterocycles. The first-order valence-corrected chi connectivity index (χ1v) is 7.58. The number of likely N-dealkylation sites (tertiary alicyclic amines) is 2. The van der Waals surface area contributed by atoms with E-state index in [9.17, 15) is 0 Å². The van der Waals surface area contributed by atoms with Crippen LogP contribution < -0.4 is 0 Å². The summed E-state index contributed by atoms with van der Waals surface area (Å²) in [5, 5.41) is 0. The zero-order valence-electron chi connectivity index (χ0n) is 12.7. The van der Waals surface area contributed by atoms with Gasteiger partial charge in [0.15, 0.2) is 0 Å². The SMILES string of the molecule is C=C(C)N1CC(N2CCC(C(C)(C)CC)CC2)C1. The van der Waals surface area contributed by atoms with Gasteiger partial charge >= 0.3 is 0 Å². The van der Waals surface area contributed by atoms with Crippen LogP contribution >= 0.6 is 0 Å². The van der Waals surface area contributed by atoms with E-state index in [0.717, 1.165) is 12.0 Å². The van der Waals surface area contributed by atoms with Crippen LogP contribution in [-0.4, -0.2) is 42.0 Å². The van der Waals surface area contributed by atoms with Gasteiger partial charge in [0.1, 0.15) is 0 Å². The second-order valence-electron chi connectivity index (χ2n) is 6.95. The second-order valence-corrected chi connectivity index (χ2v) is 6.95. The summed E-state index contributed by atoms with van der Waals surface area (Å²) in [6.45, 7) is 18.4. The maximum Gasteiger partial charge on any atom is 0.0446 e. The lowest BCUT2D eigenvalue weighted by atomic mass is 9.72. The average Bonchev–Trinajstić information content (AvgIpc) is 2.27. The van der Waals surface area contributed by atoms with Crippen molar-refractivity contribution in [1.29, 1.82) is 0 Å². The molecule has 2 heteroatoms. The highest BCUT2D eigenvalue weighted by atomic mass is 15.3. The minimum absolute atomic E-state index is 0.537. The van der Waals surface area contributed by atoms with Gasteiger partial charge in [0, 0.05) is 24.8 Å². The van der Waals surface area contributed by atoms with Gasteiger partial charge in [0.05, 0.1) is 0 Å². The van der Waals surface area contributed by atoms with Crippen LogP contribution in [0.1, 0.15) is 47.0 Å². The highest BCUT2D eigenvalue weighted by Crippen LogP contribution is 2.38. The Morgan fingerprint density at radius 1 is 1.22 bits per heavy atom. The predicted molar refractivity (Wildman–Crippen MR) is 78.5 cm³/mol. The summed E-state index contributed by atoms with van der Waals surface area (Å²) >= 11 is 0. The minimum atomic E-state index is 0.537. The molecule has 2 nitrogen and oxygen atoms in total. The van der Waals surface area contributed by atoms with Crippen LogP contribution in [0.4, 0.5) is 0 Å². The summed E-state index contributed by atoms with van der Waals surface area (Å²) in [6, 6.07) is 0.799. The Morgan fingerprint density at radius 3 is 2.22 bits per heavy atom. The molecule has 0 radical (unpaired) electrons. The highest BCUT2D eigenvalue weighted by Gasteiger charge is 2.36. The van der Waals surface area contributed by atoms with Crippen molar-refractivity contribution in [2.24, 2.45) is 11.3 Å². The molecule has 104 valence electrons. The van der Waals surface area contributed by atoms with E-state index in [-0.39, 0.29) is 0 Å². The van der Waals surface area contributed by atoms with Gasteiger partial charge in [0.2, 0.25) is 0 Å². The first-order chi connectivity index (χ1) is 8.44. The zero-order chi connectivity index (χ0) is 13.3. The number of hydrogen-bond acceptors (Lipinski definition) is 2. The van der Waals surface area contributed by atoms with Crippen molar-refractivity contribution in [1.82, 2.24) is 9.80 Å². The number of rotatable bonds is 4. The maximum absolute atomic E-state index is 4.02. The monoisotopic (exact) mass is 250 g/mol. The Morgan fingerprint density at radius 2 is 1.78 bits per heavy atom. The molecule has 0 saturated carbocycles. The molecular formula is C16H30N2. The third-order valence-corrected chi connectivity index (χ3v) is 5.46. The Hall–Kier alpha value is -0.500. The van der Waals surface area contributed by atoms with E-state index < -0.39 is 0 Å². The summed E-state index contributed by atoms with van der Waals surface area (Å²) in [6.07, 6.45) is 4.10. The molecule has 0 aromatic rings. The molecule has 0 aromatic heterocycles. The summed E-state index contributed by atoms with van der Waals surface area (Å²) in [5.41, 5.74) is 1.77. The third kappa shape index (κ3) is 2.74. The minimum Gasteiger partial charge on any atom is -0.372 e. The third-order valence-electron chi connectivity index (χ3n) is 5.46. The molecule has 18 heavy (non-hydrogen) atoms. The first-order valence-electron chi connectivity index (χ1n) is 7.58. The van der Waals surface area contributed by atoms with Gasteiger partial charge in [-0.1, -0.05) is 33.8 Å². The Balaban J connectivity index is 1.77. The standard InChI is InChI=1S/C16H30N2/c1-6-16(4,5)14-7-9-17(10-8-14)15-11-18(12-15)13(2)3/h14-15H,2,6-12H2,1,3-5H3. The number of piperidine rings is 1. The highest BCUT2D eigenvalue weighted by molar-refractivity contribution is 5.01. The predicted octanol–water partition coefficient (Wildman–Crippen LogP) is 3.35. The fourth-order valence-electron chi connectivity index (χ4n) is 3.33. The molecule has 0 aromatic carbocycles. The van der Waals surface area contributed by atoms with Crippen molar-refractivity contribution >= 4 is 0 Å². The summed E-state index contributed by atoms with van der Waals surface area (Å²) < 4.78 is 0. The van der Waals surface area contributed by atoms with E-state index in [1.54, 1.807) is 0 Å². The van der Waals surface area contributed by atoms with Crippen LogP contribution in [0.2, 0.25) is 0 Å². The second kappa shape index (κ2) is 5.24. The van der Waals surface area contributed by atoms with Crippen molar-refractivity contribution in [2.75, 3.05) is 26.2 Å². The molecule has 0 amide bonds. The van der Waals surface area contributed by atoms with E-state index >= 15 is 0 Å². The van der Waals surface area contributed by atoms with Gasteiger partial charge in [-0.3, -0.25) is 4.90 Å². The maximum atomic E-state index is 4.02. The van der Waals surface area contributed by atoms with Crippen LogP contribution in [0.3, 0.4) is 0 Å². The van der Waals surface area contributed by atoms with Crippen molar-refractivity contribution in [3.05, 3.63) is 12.3 Å². The molecule has 2 aliphatic rings. The van der Waals surface area contributed by atoms with E-state index in [1.165, 1.54) is 51.1 Å². The molecule has 0 N–H and O–H groups in total. The van der Waals surface area contributed by atoms with Crippen molar-refractivity contribution in [3.63, 3.8) is 0 Å². The van der Waals surface area contributed by atoms with Crippen LogP contribution in [0.25, 0.3) is 0 Å². The van der Waals surface area contributed by atoms with Crippen LogP contribution in [0.5, 0.6) is 0 Å². The molecule has 0 spiro atoms. The molecule has 2 fully saturated rings. The quantitative estimate of drug-likeness (QED) is 0.755. The Kier molecular flexibility index (Phi) is 4.05. The molecular weight excluding hydrogens is 220 g/mol. The lowest BCUT2D eigenvalue weighted by molar-refractivity contribution is 0.0134. The van der Waals surface area contributed by atoms with Crippen LogP contribution in [-0.2, 0) is 0 Å². The average molecular weight is 250 g/mol. The molecule has 2 saturated heterocycles.